The third-order valence-electron chi connectivity index (χ3n) is 2.59. The zero-order valence-corrected chi connectivity index (χ0v) is 6.46. The summed E-state index contributed by atoms with van der Waals surface area (Å²) >= 11 is 0. The Hall–Kier alpha value is -0.220. The fourth-order valence-corrected chi connectivity index (χ4v) is 1.46. The number of hydrogen-bond acceptors (Lipinski definition) is 2. The number of alkyl halides is 2. The largest absolute Gasteiger partial charge is 0.390 e. The lowest BCUT2D eigenvalue weighted by Crippen LogP contribution is -2.29. The van der Waals surface area contributed by atoms with Gasteiger partial charge in [-0.1, -0.05) is 13.8 Å². The number of halogens is 2. The summed E-state index contributed by atoms with van der Waals surface area (Å²) in [4.78, 5) is 0. The Morgan fingerprint density at radius 3 is 1.36 bits per heavy atom. The van der Waals surface area contributed by atoms with Gasteiger partial charge in [0.1, 0.15) is 0 Å². The normalized spacial score (nSPS) is 49.6. The van der Waals surface area contributed by atoms with E-state index in [2.05, 4.69) is 0 Å². The molecule has 0 aromatic heterocycles. The van der Waals surface area contributed by atoms with Crippen molar-refractivity contribution in [3.8, 4) is 0 Å². The summed E-state index contributed by atoms with van der Waals surface area (Å²) in [6, 6.07) is 0. The van der Waals surface area contributed by atoms with Crippen LogP contribution in [0.4, 0.5) is 8.78 Å². The molecule has 0 saturated heterocycles. The molecule has 1 rings (SSSR count). The summed E-state index contributed by atoms with van der Waals surface area (Å²) in [7, 11) is 0. The maximum Gasteiger partial charge on any atom is 0.258 e. The van der Waals surface area contributed by atoms with Gasteiger partial charge < -0.3 is 10.2 Å². The van der Waals surface area contributed by atoms with Crippen LogP contribution in [0.2, 0.25) is 0 Å². The quantitative estimate of drug-likeness (QED) is 0.554. The molecule has 1 aliphatic rings. The van der Waals surface area contributed by atoms with Crippen LogP contribution in [0.1, 0.15) is 13.8 Å². The fourth-order valence-electron chi connectivity index (χ4n) is 1.46. The molecule has 0 aliphatic heterocycles. The van der Waals surface area contributed by atoms with Crippen molar-refractivity contribution in [3.05, 3.63) is 0 Å². The van der Waals surface area contributed by atoms with Crippen molar-refractivity contribution in [2.75, 3.05) is 0 Å². The van der Waals surface area contributed by atoms with Gasteiger partial charge in [-0.3, -0.25) is 0 Å². The van der Waals surface area contributed by atoms with E-state index < -0.39 is 30.0 Å². The molecule has 66 valence electrons. The molecule has 11 heavy (non-hydrogen) atoms. The van der Waals surface area contributed by atoms with E-state index in [1.807, 2.05) is 0 Å². The van der Waals surface area contributed by atoms with Gasteiger partial charge >= 0.3 is 0 Å². The van der Waals surface area contributed by atoms with Crippen LogP contribution in [0.3, 0.4) is 0 Å². The van der Waals surface area contributed by atoms with Crippen molar-refractivity contribution in [1.82, 2.24) is 0 Å². The van der Waals surface area contributed by atoms with Gasteiger partial charge in [0, 0.05) is 11.8 Å². The van der Waals surface area contributed by atoms with Gasteiger partial charge in [-0.2, -0.15) is 0 Å². The van der Waals surface area contributed by atoms with E-state index in [1.54, 1.807) is 0 Å². The topological polar surface area (TPSA) is 40.5 Å². The van der Waals surface area contributed by atoms with Crippen LogP contribution in [0.15, 0.2) is 0 Å². The van der Waals surface area contributed by atoms with Crippen LogP contribution in [-0.4, -0.2) is 28.3 Å². The summed E-state index contributed by atoms with van der Waals surface area (Å²) in [5.41, 5.74) is 0. The Labute approximate surface area is 63.8 Å². The number of aliphatic hydroxyl groups excluding tert-OH is 2. The SMILES string of the molecule is CC1C(O)C(O)C(C)C1(F)F. The van der Waals surface area contributed by atoms with Crippen LogP contribution in [0.5, 0.6) is 0 Å². The van der Waals surface area contributed by atoms with Crippen LogP contribution >= 0.6 is 0 Å². The van der Waals surface area contributed by atoms with Crippen LogP contribution < -0.4 is 0 Å². The average Bonchev–Trinajstić information content (AvgIpc) is 2.06. The van der Waals surface area contributed by atoms with E-state index in [1.165, 1.54) is 13.8 Å². The molecule has 2 N–H and O–H groups in total. The van der Waals surface area contributed by atoms with Gasteiger partial charge in [0.2, 0.25) is 0 Å². The van der Waals surface area contributed by atoms with Gasteiger partial charge in [0.25, 0.3) is 5.92 Å². The van der Waals surface area contributed by atoms with Gasteiger partial charge in [-0.05, 0) is 0 Å². The highest BCUT2D eigenvalue weighted by atomic mass is 19.3. The standard InChI is InChI=1S/C7H12F2O2/c1-3-5(10)6(11)4(2)7(3,8)9/h3-6,10-11H,1-2H3. The van der Waals surface area contributed by atoms with Gasteiger partial charge in [0.05, 0.1) is 12.2 Å². The monoisotopic (exact) mass is 166 g/mol. The minimum Gasteiger partial charge on any atom is -0.390 e. The zero-order valence-electron chi connectivity index (χ0n) is 6.46. The Bertz CT molecular complexity index is 145. The van der Waals surface area contributed by atoms with Gasteiger partial charge in [0.15, 0.2) is 0 Å². The molecule has 0 heterocycles. The summed E-state index contributed by atoms with van der Waals surface area (Å²) in [5, 5.41) is 18.1. The second-order valence-electron chi connectivity index (χ2n) is 3.23. The molecule has 0 aromatic carbocycles. The van der Waals surface area contributed by atoms with E-state index in [0.29, 0.717) is 0 Å². The Balaban J connectivity index is 2.87. The molecule has 0 aromatic rings. The molecule has 0 amide bonds. The maximum absolute atomic E-state index is 12.9. The molecule has 0 spiro atoms. The number of rotatable bonds is 0. The van der Waals surface area contributed by atoms with E-state index in [-0.39, 0.29) is 0 Å². The van der Waals surface area contributed by atoms with Crippen molar-refractivity contribution in [2.24, 2.45) is 11.8 Å². The van der Waals surface area contributed by atoms with Crippen molar-refractivity contribution >= 4 is 0 Å². The molecule has 0 bridgehead atoms. The van der Waals surface area contributed by atoms with Gasteiger partial charge in [-0.15, -0.1) is 0 Å². The van der Waals surface area contributed by atoms with E-state index in [9.17, 15) is 8.78 Å². The van der Waals surface area contributed by atoms with Crippen molar-refractivity contribution in [1.29, 1.82) is 0 Å². The first kappa shape index (κ1) is 8.87. The zero-order chi connectivity index (χ0) is 8.81. The molecule has 1 aliphatic carbocycles. The molecule has 4 heteroatoms. The predicted molar refractivity (Wildman–Crippen MR) is 35.3 cm³/mol. The van der Waals surface area contributed by atoms with Crippen molar-refractivity contribution < 1.29 is 19.0 Å². The Morgan fingerprint density at radius 2 is 1.27 bits per heavy atom. The molecule has 4 unspecified atom stereocenters. The molecule has 1 saturated carbocycles. The second-order valence-corrected chi connectivity index (χ2v) is 3.23. The number of hydrogen-bond donors (Lipinski definition) is 2. The van der Waals surface area contributed by atoms with Crippen LogP contribution in [0, 0.1) is 11.8 Å². The van der Waals surface area contributed by atoms with Crippen LogP contribution in [0.25, 0.3) is 0 Å². The summed E-state index contributed by atoms with van der Waals surface area (Å²) < 4.78 is 25.8. The molecule has 0 radical (unpaired) electrons. The first-order valence-electron chi connectivity index (χ1n) is 3.63. The first-order valence-corrected chi connectivity index (χ1v) is 3.63. The molecule has 1 fully saturated rings. The Morgan fingerprint density at radius 1 is 1.00 bits per heavy atom. The molecular weight excluding hydrogens is 154 g/mol. The predicted octanol–water partition coefficient (Wildman–Crippen LogP) is 0.629. The lowest BCUT2D eigenvalue weighted by molar-refractivity contribution is -0.0818. The third kappa shape index (κ3) is 1.05. The van der Waals surface area contributed by atoms with E-state index >= 15 is 0 Å². The lowest BCUT2D eigenvalue weighted by Gasteiger charge is -2.18. The van der Waals surface area contributed by atoms with Gasteiger partial charge in [-0.25, -0.2) is 8.78 Å². The fraction of sp³-hybridized carbons (Fsp3) is 1.00. The summed E-state index contributed by atoms with van der Waals surface area (Å²) in [6.07, 6.45) is -2.58. The average molecular weight is 166 g/mol. The molecular formula is C7H12F2O2. The van der Waals surface area contributed by atoms with Crippen molar-refractivity contribution in [2.45, 2.75) is 32.0 Å². The molecule has 2 nitrogen and oxygen atoms in total. The maximum atomic E-state index is 12.9. The van der Waals surface area contributed by atoms with E-state index in [4.69, 9.17) is 10.2 Å². The van der Waals surface area contributed by atoms with E-state index in [0.717, 1.165) is 0 Å². The Kier molecular flexibility index (Phi) is 1.92. The van der Waals surface area contributed by atoms with Crippen LogP contribution in [-0.2, 0) is 0 Å². The summed E-state index contributed by atoms with van der Waals surface area (Å²) in [6.45, 7) is 2.49. The number of aliphatic hydroxyl groups is 2. The molecule has 4 atom stereocenters. The minimum absolute atomic E-state index is 1.15. The second kappa shape index (κ2) is 2.38. The highest BCUT2D eigenvalue weighted by Gasteiger charge is 2.57. The first-order chi connectivity index (χ1) is 4.89. The lowest BCUT2D eigenvalue weighted by atomic mass is 10.0. The summed E-state index contributed by atoms with van der Waals surface area (Å²) in [5.74, 6) is -5.24. The highest BCUT2D eigenvalue weighted by molar-refractivity contribution is 4.99. The minimum atomic E-state index is -2.95. The smallest absolute Gasteiger partial charge is 0.258 e. The highest BCUT2D eigenvalue weighted by Crippen LogP contribution is 2.44. The van der Waals surface area contributed by atoms with Crippen molar-refractivity contribution in [3.63, 3.8) is 0 Å². The third-order valence-corrected chi connectivity index (χ3v) is 2.59.